The molecule has 0 N–H and O–H groups in total. The maximum absolute atomic E-state index is 13.3. The molecule has 3 rings (SSSR count). The van der Waals surface area contributed by atoms with E-state index < -0.39 is 11.7 Å². The zero-order valence-corrected chi connectivity index (χ0v) is 11.0. The van der Waals surface area contributed by atoms with Crippen LogP contribution in [0.25, 0.3) is 17.2 Å². The summed E-state index contributed by atoms with van der Waals surface area (Å²) in [6, 6.07) is 11.6. The lowest BCUT2D eigenvalue weighted by Gasteiger charge is -2.16. The fourth-order valence-corrected chi connectivity index (χ4v) is 2.73. The molecule has 0 saturated heterocycles. The van der Waals surface area contributed by atoms with Crippen LogP contribution in [-0.2, 0) is 12.6 Å². The Balaban J connectivity index is 2.32. The van der Waals surface area contributed by atoms with Crippen molar-refractivity contribution >= 4 is 6.08 Å². The Morgan fingerprint density at radius 2 is 1.65 bits per heavy atom. The third-order valence-electron chi connectivity index (χ3n) is 3.56. The summed E-state index contributed by atoms with van der Waals surface area (Å²) in [4.78, 5) is 0. The van der Waals surface area contributed by atoms with E-state index in [0.717, 1.165) is 17.6 Å². The van der Waals surface area contributed by atoms with Gasteiger partial charge in [0.15, 0.2) is 0 Å². The first kappa shape index (κ1) is 13.0. The third kappa shape index (κ3) is 2.13. The molecule has 0 bridgehead atoms. The van der Waals surface area contributed by atoms with Crippen molar-refractivity contribution in [3.63, 3.8) is 0 Å². The van der Waals surface area contributed by atoms with Gasteiger partial charge in [-0.3, -0.25) is 0 Å². The van der Waals surface area contributed by atoms with Gasteiger partial charge in [0.1, 0.15) is 0 Å². The highest BCUT2D eigenvalue weighted by Gasteiger charge is 2.35. The molecule has 0 aliphatic heterocycles. The van der Waals surface area contributed by atoms with Crippen LogP contribution >= 0.6 is 0 Å². The second kappa shape index (κ2) is 4.51. The molecule has 0 atom stereocenters. The van der Waals surface area contributed by atoms with Gasteiger partial charge >= 0.3 is 6.18 Å². The van der Waals surface area contributed by atoms with Gasteiger partial charge in [-0.25, -0.2) is 0 Å². The molecule has 20 heavy (non-hydrogen) atoms. The first-order valence-corrected chi connectivity index (χ1v) is 6.42. The lowest BCUT2D eigenvalue weighted by atomic mass is 9.92. The van der Waals surface area contributed by atoms with Crippen LogP contribution in [0, 0.1) is 0 Å². The van der Waals surface area contributed by atoms with E-state index in [1.54, 1.807) is 36.4 Å². The highest BCUT2D eigenvalue weighted by atomic mass is 19.4. The summed E-state index contributed by atoms with van der Waals surface area (Å²) >= 11 is 0. The van der Waals surface area contributed by atoms with Crippen molar-refractivity contribution in [1.82, 2.24) is 0 Å². The normalized spacial score (nSPS) is 14.1. The summed E-state index contributed by atoms with van der Waals surface area (Å²) in [5.41, 5.74) is 3.12. The molecule has 0 spiro atoms. The summed E-state index contributed by atoms with van der Waals surface area (Å²) in [6.07, 6.45) is -1.75. The maximum Gasteiger partial charge on any atom is 0.417 e. The van der Waals surface area contributed by atoms with E-state index >= 15 is 0 Å². The minimum absolute atomic E-state index is 0.299. The Kier molecular flexibility index (Phi) is 2.93. The molecule has 0 fully saturated rings. The maximum atomic E-state index is 13.3. The second-order valence-electron chi connectivity index (χ2n) is 5.09. The molecule has 0 aromatic heterocycles. The number of benzene rings is 2. The first-order chi connectivity index (χ1) is 9.47. The minimum atomic E-state index is -4.34. The van der Waals surface area contributed by atoms with Crippen LogP contribution in [0.4, 0.5) is 13.2 Å². The monoisotopic (exact) mass is 274 g/mol. The molecule has 0 amide bonds. The Morgan fingerprint density at radius 1 is 0.950 bits per heavy atom. The summed E-state index contributed by atoms with van der Waals surface area (Å²) in [6.45, 7) is 1.95. The van der Waals surface area contributed by atoms with Crippen molar-refractivity contribution in [2.75, 3.05) is 0 Å². The summed E-state index contributed by atoms with van der Waals surface area (Å²) in [5, 5.41) is 0. The van der Waals surface area contributed by atoms with Gasteiger partial charge in [0, 0.05) is 5.56 Å². The average Bonchev–Trinajstić information content (AvgIpc) is 2.77. The van der Waals surface area contributed by atoms with Crippen LogP contribution in [0.15, 0.2) is 48.0 Å². The number of hydrogen-bond donors (Lipinski definition) is 0. The van der Waals surface area contributed by atoms with E-state index in [1.807, 2.05) is 13.0 Å². The zero-order valence-electron chi connectivity index (χ0n) is 11.0. The third-order valence-corrected chi connectivity index (χ3v) is 3.56. The predicted molar refractivity (Wildman–Crippen MR) is 74.2 cm³/mol. The van der Waals surface area contributed by atoms with Gasteiger partial charge in [-0.2, -0.15) is 13.2 Å². The van der Waals surface area contributed by atoms with Crippen molar-refractivity contribution in [3.8, 4) is 11.1 Å². The average molecular weight is 274 g/mol. The Morgan fingerprint density at radius 3 is 2.30 bits per heavy atom. The molecular weight excluding hydrogens is 261 g/mol. The fourth-order valence-electron chi connectivity index (χ4n) is 2.73. The second-order valence-corrected chi connectivity index (χ2v) is 5.09. The molecule has 0 nitrogen and oxygen atoms in total. The van der Waals surface area contributed by atoms with Crippen molar-refractivity contribution in [2.24, 2.45) is 0 Å². The van der Waals surface area contributed by atoms with Gasteiger partial charge in [-0.1, -0.05) is 48.0 Å². The highest BCUT2D eigenvalue weighted by molar-refractivity contribution is 5.83. The number of hydrogen-bond acceptors (Lipinski definition) is 0. The topological polar surface area (TPSA) is 0 Å². The lowest BCUT2D eigenvalue weighted by Crippen LogP contribution is -2.08. The van der Waals surface area contributed by atoms with Gasteiger partial charge in [0.05, 0.1) is 5.56 Å². The molecule has 102 valence electrons. The molecule has 0 heterocycles. The van der Waals surface area contributed by atoms with Gasteiger partial charge in [0.2, 0.25) is 0 Å². The molecule has 2 aromatic rings. The largest absolute Gasteiger partial charge is 0.417 e. The first-order valence-electron chi connectivity index (χ1n) is 6.42. The van der Waals surface area contributed by atoms with Gasteiger partial charge in [-0.05, 0) is 36.1 Å². The number of alkyl halides is 3. The van der Waals surface area contributed by atoms with Crippen molar-refractivity contribution in [1.29, 1.82) is 0 Å². The molecule has 1 aliphatic rings. The lowest BCUT2D eigenvalue weighted by molar-refractivity contribution is -0.137. The number of halogens is 3. The minimum Gasteiger partial charge on any atom is -0.166 e. The number of rotatable bonds is 1. The van der Waals surface area contributed by atoms with Gasteiger partial charge < -0.3 is 0 Å². The highest BCUT2D eigenvalue weighted by Crippen LogP contribution is 2.43. The fraction of sp³-hybridized carbons (Fsp3) is 0.176. The van der Waals surface area contributed by atoms with Gasteiger partial charge in [-0.15, -0.1) is 0 Å². The van der Waals surface area contributed by atoms with E-state index in [4.69, 9.17) is 0 Å². The Bertz CT molecular complexity index is 679. The molecule has 2 aromatic carbocycles. The quantitative estimate of drug-likeness (QED) is 0.659. The van der Waals surface area contributed by atoms with Crippen LogP contribution in [0.5, 0.6) is 0 Å². The van der Waals surface area contributed by atoms with E-state index in [-0.39, 0.29) is 0 Å². The van der Waals surface area contributed by atoms with Crippen LogP contribution in [-0.4, -0.2) is 0 Å². The van der Waals surface area contributed by atoms with Crippen molar-refractivity contribution < 1.29 is 13.2 Å². The van der Waals surface area contributed by atoms with Crippen molar-refractivity contribution in [2.45, 2.75) is 19.5 Å². The molecule has 1 aliphatic carbocycles. The smallest absolute Gasteiger partial charge is 0.166 e. The van der Waals surface area contributed by atoms with Gasteiger partial charge in [0.25, 0.3) is 0 Å². The van der Waals surface area contributed by atoms with Crippen molar-refractivity contribution in [3.05, 3.63) is 64.7 Å². The van der Waals surface area contributed by atoms with E-state index in [2.05, 4.69) is 0 Å². The van der Waals surface area contributed by atoms with E-state index in [1.165, 1.54) is 6.07 Å². The van der Waals surface area contributed by atoms with Crippen LogP contribution in [0.2, 0.25) is 0 Å². The summed E-state index contributed by atoms with van der Waals surface area (Å²) in [5.74, 6) is 0. The molecule has 0 radical (unpaired) electrons. The molecule has 0 saturated carbocycles. The Labute approximate surface area is 115 Å². The predicted octanol–water partition coefficient (Wildman–Crippen LogP) is 5.33. The summed E-state index contributed by atoms with van der Waals surface area (Å²) < 4.78 is 39.8. The standard InChI is InChI=1S/C17H13F3/c1-11-9-13-7-8-15(17(18,19)20)16(14(13)10-11)12-5-3-2-4-6-12/h2-8,10H,9H2,1H3. The zero-order chi connectivity index (χ0) is 14.3. The summed E-state index contributed by atoms with van der Waals surface area (Å²) in [7, 11) is 0. The Hall–Kier alpha value is -2.03. The van der Waals surface area contributed by atoms with Crippen LogP contribution in [0.1, 0.15) is 23.6 Å². The molecule has 0 unspecified atom stereocenters. The number of fused-ring (bicyclic) bond motifs is 1. The molecule has 3 heteroatoms. The van der Waals surface area contributed by atoms with E-state index in [0.29, 0.717) is 16.7 Å². The van der Waals surface area contributed by atoms with Crippen LogP contribution < -0.4 is 0 Å². The molecular formula is C17H13F3. The number of allylic oxidation sites excluding steroid dienone is 1. The SMILES string of the molecule is CC1=Cc2c(ccc(C(F)(F)F)c2-c2ccccc2)C1. The van der Waals surface area contributed by atoms with E-state index in [9.17, 15) is 13.2 Å². The van der Waals surface area contributed by atoms with Crippen LogP contribution in [0.3, 0.4) is 0 Å².